The fraction of sp³-hybridized carbons (Fsp3) is 0.918. The Morgan fingerprint density at radius 2 is 0.935 bits per heavy atom. The Morgan fingerprint density at radius 3 is 1.44 bits per heavy atom. The summed E-state index contributed by atoms with van der Waals surface area (Å²) in [6.07, 6.45) is -17.3. The van der Waals surface area contributed by atoms with Crippen molar-refractivity contribution < 1.29 is 183 Å². The zero-order valence-corrected chi connectivity index (χ0v) is 65.8. The number of nitrogens with one attached hydrogen (secondary N) is 3. The molecule has 624 valence electrons. The van der Waals surface area contributed by atoms with Crippen molar-refractivity contribution in [1.82, 2.24) is 16.0 Å². The molecule has 34 nitrogen and oxygen atoms in total. The SMILES string of the molecule is CCCCCCCCCCCCCC=CC(O)C(COC1OC(CO)C(OC2OC(CO)C(OC3OC(CO)C(O)C(OC4OC(CO)C(O)C(O)C4O)C3NC(C)=O)C(O[C@]3(C(=O)[O-])CC(O)C(NC(C)=O)C(C(O)C(O)CO)O3)C2O)C(O)C1O)NC(=O)CCCCCCCCCCCCCCCCC.[Na+]. The molecular formula is C73H130N3NaO31. The molecule has 5 saturated heterocycles. The van der Waals surface area contributed by atoms with Gasteiger partial charge in [-0.2, -0.15) is 0 Å². The molecule has 3 amide bonds. The normalized spacial score (nSPS) is 34.3. The number of rotatable bonds is 52. The molecule has 35 heteroatoms. The number of hydrogen-bond donors (Lipinski definition) is 19. The number of amides is 3. The first-order valence-electron chi connectivity index (χ1n) is 39.1. The average Bonchev–Trinajstić information content (AvgIpc) is 0.750. The number of aliphatic hydroxyl groups excluding tert-OH is 16. The number of carboxylic acid groups (broad SMARTS) is 1. The first-order valence-corrected chi connectivity index (χ1v) is 39.1. The number of hydrogen-bond acceptors (Lipinski definition) is 31. The van der Waals surface area contributed by atoms with E-state index in [0.717, 1.165) is 71.6 Å². The number of carbonyl (C=O) groups excluding carboxylic acids is 4. The quantitative estimate of drug-likeness (QED) is 0.0154. The van der Waals surface area contributed by atoms with E-state index in [1.54, 1.807) is 0 Å². The van der Waals surface area contributed by atoms with Gasteiger partial charge in [0.2, 0.25) is 23.5 Å². The van der Waals surface area contributed by atoms with Crippen molar-refractivity contribution in [3.05, 3.63) is 12.2 Å². The molecule has 5 fully saturated rings. The van der Waals surface area contributed by atoms with Crippen LogP contribution in [0.5, 0.6) is 0 Å². The summed E-state index contributed by atoms with van der Waals surface area (Å²) in [5.41, 5.74) is 0. The van der Waals surface area contributed by atoms with Crippen molar-refractivity contribution >= 4 is 23.7 Å². The third-order valence-electron chi connectivity index (χ3n) is 20.6. The summed E-state index contributed by atoms with van der Waals surface area (Å²) in [6.45, 7) is 0.239. The summed E-state index contributed by atoms with van der Waals surface area (Å²) < 4.78 is 59.9. The van der Waals surface area contributed by atoms with Crippen LogP contribution in [0.15, 0.2) is 12.2 Å². The van der Waals surface area contributed by atoms with Gasteiger partial charge in [0.25, 0.3) is 0 Å². The fourth-order valence-electron chi connectivity index (χ4n) is 14.3. The van der Waals surface area contributed by atoms with Gasteiger partial charge >= 0.3 is 29.6 Å². The standard InChI is InChI=1S/C73H131N3O31.Na/c1-5-7-9-11-13-15-17-19-20-22-24-26-28-30-32-34-52(87)76-44(45(84)33-31-29-27-25-23-21-18-16-14-12-10-8-6-2)41-98-69-61(94)59(92)63(50(39-80)101-69)103-71-62(95)67(107-73(72(96)97)35-46(85)53(74-42(3)82)66(106-73)55(88)47(86)36-77)64(51(40-81)102-71)104-68-54(75-43(4)83)65(57(90)49(38-79)99-68)105-70-60(93)58(91)56(89)48(37-78)100-70;/h31,33,44-51,53-71,77-81,84-86,88-95H,5-30,32,34-41H2,1-4H3,(H,74,82)(H,75,83)(H,76,87)(H,96,97);/q;+1/p-1/t44?,45?,46?,47?,48?,49?,50?,51?,53?,54?,55?,56?,57?,58?,59?,60?,61?,62?,63?,64?,65?,66?,67?,68?,69?,70?,71?,73-;/m0./s1. The van der Waals surface area contributed by atoms with Gasteiger partial charge in [0, 0.05) is 26.7 Å². The minimum atomic E-state index is -3.49. The van der Waals surface area contributed by atoms with Crippen LogP contribution in [-0.2, 0) is 66.5 Å². The Hall–Kier alpha value is -2.42. The Kier molecular flexibility index (Phi) is 47.4. The molecule has 0 aromatic heterocycles. The first-order chi connectivity index (χ1) is 51.3. The summed E-state index contributed by atoms with van der Waals surface area (Å²) in [6, 6.07) is -4.85. The summed E-state index contributed by atoms with van der Waals surface area (Å²) >= 11 is 0. The van der Waals surface area contributed by atoms with E-state index < -0.39 is 235 Å². The molecule has 0 bridgehead atoms. The number of carboxylic acids is 1. The van der Waals surface area contributed by atoms with Gasteiger partial charge in [0.05, 0.1) is 63.9 Å². The summed E-state index contributed by atoms with van der Waals surface area (Å²) in [5.74, 6) is -8.10. The first kappa shape index (κ1) is 97.9. The minimum Gasteiger partial charge on any atom is -0.544 e. The van der Waals surface area contributed by atoms with Crippen LogP contribution in [0.3, 0.4) is 0 Å². The van der Waals surface area contributed by atoms with Crippen molar-refractivity contribution in [2.75, 3.05) is 39.6 Å². The van der Waals surface area contributed by atoms with E-state index in [1.807, 2.05) is 6.08 Å². The van der Waals surface area contributed by atoms with Crippen LogP contribution >= 0.6 is 0 Å². The minimum absolute atomic E-state index is 0. The van der Waals surface area contributed by atoms with Crippen molar-refractivity contribution in [3.8, 4) is 0 Å². The van der Waals surface area contributed by atoms with Crippen LogP contribution in [0.1, 0.15) is 214 Å². The second kappa shape index (κ2) is 52.2. The van der Waals surface area contributed by atoms with Crippen LogP contribution in [0.2, 0.25) is 0 Å². The van der Waals surface area contributed by atoms with Crippen LogP contribution in [0.25, 0.3) is 0 Å². The maximum Gasteiger partial charge on any atom is 1.00 e. The number of aliphatic carboxylic acids is 1. The summed E-state index contributed by atoms with van der Waals surface area (Å²) in [4.78, 5) is 52.8. The topological polar surface area (TPSA) is 543 Å². The van der Waals surface area contributed by atoms with Gasteiger partial charge in [-0.15, -0.1) is 0 Å². The maximum atomic E-state index is 13.7. The van der Waals surface area contributed by atoms with Crippen molar-refractivity contribution in [1.29, 1.82) is 0 Å². The molecule has 0 aliphatic carbocycles. The van der Waals surface area contributed by atoms with Gasteiger partial charge in [-0.1, -0.05) is 180 Å². The monoisotopic (exact) mass is 1570 g/mol. The molecule has 5 heterocycles. The van der Waals surface area contributed by atoms with Crippen LogP contribution in [0, 0.1) is 0 Å². The van der Waals surface area contributed by atoms with Gasteiger partial charge in [-0.25, -0.2) is 0 Å². The average molecular weight is 1570 g/mol. The van der Waals surface area contributed by atoms with Crippen molar-refractivity contribution in [3.63, 3.8) is 0 Å². The molecule has 0 aromatic rings. The predicted octanol–water partition coefficient (Wildman–Crippen LogP) is -5.37. The molecule has 0 aromatic carbocycles. The molecule has 28 atom stereocenters. The van der Waals surface area contributed by atoms with E-state index >= 15 is 0 Å². The molecule has 108 heavy (non-hydrogen) atoms. The third-order valence-corrected chi connectivity index (χ3v) is 20.6. The molecule has 5 aliphatic heterocycles. The number of aliphatic hydroxyl groups is 16. The smallest absolute Gasteiger partial charge is 0.544 e. The molecule has 0 radical (unpaired) electrons. The maximum absolute atomic E-state index is 13.7. The number of unbranched alkanes of at least 4 members (excludes halogenated alkanes) is 25. The van der Waals surface area contributed by atoms with E-state index in [4.69, 9.17) is 47.4 Å². The molecule has 0 saturated carbocycles. The van der Waals surface area contributed by atoms with Crippen LogP contribution in [0.4, 0.5) is 0 Å². The van der Waals surface area contributed by atoms with Gasteiger partial charge in [-0.3, -0.25) is 14.4 Å². The molecule has 19 N–H and O–H groups in total. The van der Waals surface area contributed by atoms with Crippen molar-refractivity contribution in [2.24, 2.45) is 0 Å². The second-order valence-electron chi connectivity index (χ2n) is 29.3. The van der Waals surface area contributed by atoms with E-state index in [2.05, 4.69) is 29.8 Å². The number of allylic oxidation sites excluding steroid dienone is 1. The van der Waals surface area contributed by atoms with Gasteiger partial charge in [-0.05, 0) is 19.3 Å². The van der Waals surface area contributed by atoms with Crippen LogP contribution in [-0.4, -0.2) is 316 Å². The van der Waals surface area contributed by atoms with Gasteiger partial charge in [0.15, 0.2) is 25.2 Å². The number of ether oxygens (including phenoxy) is 10. The molecule has 27 unspecified atom stereocenters. The Balaban J connectivity index is 0.0000246. The van der Waals surface area contributed by atoms with Crippen LogP contribution < -0.4 is 50.6 Å². The predicted molar refractivity (Wildman–Crippen MR) is 376 cm³/mol. The molecular weight excluding hydrogens is 1440 g/mol. The number of carbonyl (C=O) groups is 4. The fourth-order valence-corrected chi connectivity index (χ4v) is 14.3. The Morgan fingerprint density at radius 1 is 0.500 bits per heavy atom. The van der Waals surface area contributed by atoms with E-state index in [-0.39, 0.29) is 41.9 Å². The van der Waals surface area contributed by atoms with Gasteiger partial charge in [0.1, 0.15) is 122 Å². The van der Waals surface area contributed by atoms with E-state index in [0.29, 0.717) is 12.8 Å². The molecule has 5 rings (SSSR count). The summed E-state index contributed by atoms with van der Waals surface area (Å²) in [5, 5.41) is 199. The summed E-state index contributed by atoms with van der Waals surface area (Å²) in [7, 11) is 0. The largest absolute Gasteiger partial charge is 1.00 e. The Labute approximate surface area is 656 Å². The van der Waals surface area contributed by atoms with Gasteiger partial charge < -0.3 is 155 Å². The zero-order chi connectivity index (χ0) is 78.8. The zero-order valence-electron chi connectivity index (χ0n) is 63.8. The van der Waals surface area contributed by atoms with E-state index in [9.17, 15) is 106 Å². The van der Waals surface area contributed by atoms with E-state index in [1.165, 1.54) is 109 Å². The molecule has 0 spiro atoms. The third kappa shape index (κ3) is 30.3. The molecule has 5 aliphatic rings. The second-order valence-corrected chi connectivity index (χ2v) is 29.3. The van der Waals surface area contributed by atoms with Crippen molar-refractivity contribution in [2.45, 2.75) is 385 Å². The Bertz CT molecular complexity index is 2510.